The van der Waals surface area contributed by atoms with Gasteiger partial charge in [-0.1, -0.05) is 12.1 Å². The Morgan fingerprint density at radius 1 is 1.44 bits per heavy atom. The Balaban J connectivity index is 2.54. The highest BCUT2D eigenvalue weighted by Gasteiger charge is 2.27. The molecule has 0 saturated carbocycles. The molecule has 0 heterocycles. The lowest BCUT2D eigenvalue weighted by Gasteiger charge is -2.10. The van der Waals surface area contributed by atoms with Crippen molar-refractivity contribution in [2.75, 3.05) is 12.4 Å². The second-order valence-electron chi connectivity index (χ2n) is 4.01. The third-order valence-electron chi connectivity index (χ3n) is 2.51. The van der Waals surface area contributed by atoms with Gasteiger partial charge in [0.05, 0.1) is 5.75 Å². The molecule has 0 aliphatic rings. The SMILES string of the molecule is Cc1cccc(OCCS(=O)(=O)C(C)C(=O)O)c1. The third-order valence-corrected chi connectivity index (χ3v) is 4.53. The fourth-order valence-electron chi connectivity index (χ4n) is 1.31. The van der Waals surface area contributed by atoms with Crippen molar-refractivity contribution in [1.82, 2.24) is 0 Å². The van der Waals surface area contributed by atoms with Crippen molar-refractivity contribution in [3.63, 3.8) is 0 Å². The number of hydrogen-bond acceptors (Lipinski definition) is 4. The molecule has 0 radical (unpaired) electrons. The standard InChI is InChI=1S/C12H16O5S/c1-9-4-3-5-11(8-9)17-6-7-18(15,16)10(2)12(13)14/h3-5,8,10H,6-7H2,1-2H3,(H,13,14). The van der Waals surface area contributed by atoms with E-state index in [-0.39, 0.29) is 12.4 Å². The average Bonchev–Trinajstić information content (AvgIpc) is 2.27. The van der Waals surface area contributed by atoms with Crippen LogP contribution in [-0.2, 0) is 14.6 Å². The molecule has 1 atom stereocenters. The number of carbonyl (C=O) groups is 1. The normalized spacial score (nSPS) is 13.0. The molecule has 1 aromatic carbocycles. The van der Waals surface area contributed by atoms with Gasteiger partial charge in [0.1, 0.15) is 12.4 Å². The van der Waals surface area contributed by atoms with E-state index in [9.17, 15) is 13.2 Å². The Morgan fingerprint density at radius 2 is 2.11 bits per heavy atom. The van der Waals surface area contributed by atoms with Crippen LogP contribution in [0.25, 0.3) is 0 Å². The van der Waals surface area contributed by atoms with Crippen LogP contribution < -0.4 is 4.74 Å². The zero-order chi connectivity index (χ0) is 13.8. The van der Waals surface area contributed by atoms with Gasteiger partial charge in [-0.05, 0) is 31.5 Å². The number of sulfone groups is 1. The molecule has 18 heavy (non-hydrogen) atoms. The van der Waals surface area contributed by atoms with Crippen LogP contribution in [0.4, 0.5) is 0 Å². The minimum atomic E-state index is -3.66. The first-order valence-electron chi connectivity index (χ1n) is 5.47. The summed E-state index contributed by atoms with van der Waals surface area (Å²) in [6.45, 7) is 3.00. The molecule has 6 heteroatoms. The Hall–Kier alpha value is -1.56. The van der Waals surface area contributed by atoms with Crippen LogP contribution >= 0.6 is 0 Å². The first-order valence-corrected chi connectivity index (χ1v) is 7.18. The first-order chi connectivity index (χ1) is 8.33. The minimum Gasteiger partial charge on any atom is -0.493 e. The van der Waals surface area contributed by atoms with Gasteiger partial charge in [0, 0.05) is 0 Å². The highest BCUT2D eigenvalue weighted by Crippen LogP contribution is 2.12. The molecule has 5 nitrogen and oxygen atoms in total. The zero-order valence-corrected chi connectivity index (χ0v) is 11.1. The fraction of sp³-hybridized carbons (Fsp3) is 0.417. The number of carboxylic acid groups (broad SMARTS) is 1. The Kier molecular flexibility index (Phi) is 4.72. The van der Waals surface area contributed by atoms with Crippen LogP contribution in [0.1, 0.15) is 12.5 Å². The molecule has 0 spiro atoms. The molecule has 100 valence electrons. The van der Waals surface area contributed by atoms with E-state index in [1.54, 1.807) is 18.2 Å². The minimum absolute atomic E-state index is 0.0522. The summed E-state index contributed by atoms with van der Waals surface area (Å²) in [5, 5.41) is 7.25. The molecule has 0 amide bonds. The van der Waals surface area contributed by atoms with Crippen molar-refractivity contribution < 1.29 is 23.1 Å². The lowest BCUT2D eigenvalue weighted by Crippen LogP contribution is -2.31. The molecule has 0 aliphatic heterocycles. The van der Waals surface area contributed by atoms with Crippen LogP contribution in [0.5, 0.6) is 5.75 Å². The summed E-state index contributed by atoms with van der Waals surface area (Å²) in [6.07, 6.45) is 0. The van der Waals surface area contributed by atoms with Crippen molar-refractivity contribution in [2.24, 2.45) is 0 Å². The van der Waals surface area contributed by atoms with Crippen LogP contribution in [0.15, 0.2) is 24.3 Å². The summed E-state index contributed by atoms with van der Waals surface area (Å²) in [5.41, 5.74) is 1.01. The maximum absolute atomic E-state index is 11.6. The largest absolute Gasteiger partial charge is 0.493 e. The molecule has 0 fully saturated rings. The number of aryl methyl sites for hydroxylation is 1. The van der Waals surface area contributed by atoms with E-state index in [0.29, 0.717) is 5.75 Å². The van der Waals surface area contributed by atoms with Crippen molar-refractivity contribution in [3.8, 4) is 5.75 Å². The van der Waals surface area contributed by atoms with Gasteiger partial charge in [-0.2, -0.15) is 0 Å². The van der Waals surface area contributed by atoms with Crippen LogP contribution in [0.3, 0.4) is 0 Å². The Bertz CT molecular complexity index is 521. The van der Waals surface area contributed by atoms with E-state index in [1.165, 1.54) is 0 Å². The maximum Gasteiger partial charge on any atom is 0.321 e. The molecule has 1 aromatic rings. The topological polar surface area (TPSA) is 80.7 Å². The Labute approximate surface area is 106 Å². The van der Waals surface area contributed by atoms with E-state index >= 15 is 0 Å². The quantitative estimate of drug-likeness (QED) is 0.843. The smallest absolute Gasteiger partial charge is 0.321 e. The zero-order valence-electron chi connectivity index (χ0n) is 10.3. The van der Waals surface area contributed by atoms with Gasteiger partial charge < -0.3 is 9.84 Å². The predicted octanol–water partition coefficient (Wildman–Crippen LogP) is 1.26. The second-order valence-corrected chi connectivity index (χ2v) is 6.45. The summed E-state index contributed by atoms with van der Waals surface area (Å²) in [5.74, 6) is -1.08. The van der Waals surface area contributed by atoms with Crippen molar-refractivity contribution in [1.29, 1.82) is 0 Å². The van der Waals surface area contributed by atoms with E-state index < -0.39 is 21.1 Å². The maximum atomic E-state index is 11.6. The molecule has 0 aliphatic carbocycles. The van der Waals surface area contributed by atoms with E-state index in [0.717, 1.165) is 12.5 Å². The second kappa shape index (κ2) is 5.86. The summed E-state index contributed by atoms with van der Waals surface area (Å²) in [4.78, 5) is 10.6. The van der Waals surface area contributed by atoms with Gasteiger partial charge in [0.15, 0.2) is 15.1 Å². The number of benzene rings is 1. The van der Waals surface area contributed by atoms with Crippen molar-refractivity contribution in [2.45, 2.75) is 19.1 Å². The fourth-order valence-corrected chi connectivity index (χ4v) is 2.29. The summed E-state index contributed by atoms with van der Waals surface area (Å²) < 4.78 is 28.4. The molecular weight excluding hydrogens is 256 g/mol. The van der Waals surface area contributed by atoms with Gasteiger partial charge in [0.25, 0.3) is 0 Å². The van der Waals surface area contributed by atoms with Gasteiger partial charge in [-0.3, -0.25) is 4.79 Å². The summed E-state index contributed by atoms with van der Waals surface area (Å²) >= 11 is 0. The molecule has 1 unspecified atom stereocenters. The first kappa shape index (κ1) is 14.5. The summed E-state index contributed by atoms with van der Waals surface area (Å²) in [7, 11) is -3.66. The number of carboxylic acids is 1. The van der Waals surface area contributed by atoms with Crippen LogP contribution in [0, 0.1) is 6.92 Å². The van der Waals surface area contributed by atoms with E-state index in [1.807, 2.05) is 13.0 Å². The van der Waals surface area contributed by atoms with Crippen molar-refractivity contribution in [3.05, 3.63) is 29.8 Å². The average molecular weight is 272 g/mol. The molecule has 1 rings (SSSR count). The predicted molar refractivity (Wildman–Crippen MR) is 67.6 cm³/mol. The number of aliphatic carboxylic acids is 1. The monoisotopic (exact) mass is 272 g/mol. The van der Waals surface area contributed by atoms with Gasteiger partial charge in [-0.15, -0.1) is 0 Å². The van der Waals surface area contributed by atoms with Crippen molar-refractivity contribution >= 4 is 15.8 Å². The number of ether oxygens (including phenoxy) is 1. The van der Waals surface area contributed by atoms with E-state index in [2.05, 4.69) is 0 Å². The van der Waals surface area contributed by atoms with Crippen LogP contribution in [0.2, 0.25) is 0 Å². The lowest BCUT2D eigenvalue weighted by molar-refractivity contribution is -0.136. The number of hydrogen-bond donors (Lipinski definition) is 1. The van der Waals surface area contributed by atoms with Gasteiger partial charge in [0.2, 0.25) is 0 Å². The highest BCUT2D eigenvalue weighted by atomic mass is 32.2. The van der Waals surface area contributed by atoms with Gasteiger partial charge >= 0.3 is 5.97 Å². The lowest BCUT2D eigenvalue weighted by atomic mass is 10.2. The van der Waals surface area contributed by atoms with E-state index in [4.69, 9.17) is 9.84 Å². The third kappa shape index (κ3) is 4.03. The molecule has 0 bridgehead atoms. The molecular formula is C12H16O5S. The highest BCUT2D eigenvalue weighted by molar-refractivity contribution is 7.92. The number of rotatable bonds is 6. The van der Waals surface area contributed by atoms with Gasteiger partial charge in [-0.25, -0.2) is 8.42 Å². The molecule has 1 N–H and O–H groups in total. The molecule has 0 aromatic heterocycles. The Morgan fingerprint density at radius 3 is 2.67 bits per heavy atom. The summed E-state index contributed by atoms with van der Waals surface area (Å²) in [6, 6.07) is 7.21. The molecule has 0 saturated heterocycles. The van der Waals surface area contributed by atoms with Crippen LogP contribution in [-0.4, -0.2) is 37.1 Å².